The van der Waals surface area contributed by atoms with Crippen LogP contribution in [0, 0.1) is 0 Å². The second kappa shape index (κ2) is 7.19. The smallest absolute Gasteiger partial charge is 0.225 e. The van der Waals surface area contributed by atoms with Crippen LogP contribution in [0.25, 0.3) is 0 Å². The van der Waals surface area contributed by atoms with E-state index in [4.69, 9.17) is 0 Å². The van der Waals surface area contributed by atoms with Crippen molar-refractivity contribution in [3.63, 3.8) is 0 Å². The maximum atomic E-state index is 12.3. The largest absolute Gasteiger partial charge is 0.388 e. The Morgan fingerprint density at radius 1 is 1.13 bits per heavy atom. The first kappa shape index (κ1) is 15.4. The van der Waals surface area contributed by atoms with Gasteiger partial charge in [0.05, 0.1) is 18.7 Å². The molecule has 6 heteroatoms. The highest BCUT2D eigenvalue weighted by atomic mass is 16.3. The van der Waals surface area contributed by atoms with E-state index in [1.165, 1.54) is 0 Å². The van der Waals surface area contributed by atoms with Crippen molar-refractivity contribution < 1.29 is 9.90 Å². The normalized spacial score (nSPS) is 16.2. The second-order valence-corrected chi connectivity index (χ2v) is 5.56. The van der Waals surface area contributed by atoms with Crippen LogP contribution in [-0.2, 0) is 4.79 Å². The van der Waals surface area contributed by atoms with Gasteiger partial charge in [-0.3, -0.25) is 9.78 Å². The fraction of sp³-hybridized carbons (Fsp3) is 0.353. The molecular formula is C17H20N4O2. The molecule has 0 aliphatic carbocycles. The lowest BCUT2D eigenvalue weighted by Crippen LogP contribution is -2.49. The van der Waals surface area contributed by atoms with Gasteiger partial charge in [-0.15, -0.1) is 0 Å². The lowest BCUT2D eigenvalue weighted by molar-refractivity contribution is -0.133. The fourth-order valence-electron chi connectivity index (χ4n) is 2.73. The Balaban J connectivity index is 1.52. The predicted octanol–water partition coefficient (Wildman–Crippen LogP) is 1.25. The molecule has 0 radical (unpaired) electrons. The van der Waals surface area contributed by atoms with E-state index < -0.39 is 6.10 Å². The van der Waals surface area contributed by atoms with Gasteiger partial charge in [0.1, 0.15) is 5.82 Å². The molecule has 6 nitrogen and oxygen atoms in total. The molecule has 2 heterocycles. The van der Waals surface area contributed by atoms with Crippen LogP contribution >= 0.6 is 0 Å². The van der Waals surface area contributed by atoms with Crippen LogP contribution in [0.15, 0.2) is 48.9 Å². The Morgan fingerprint density at radius 2 is 1.87 bits per heavy atom. The number of aliphatic hydroxyl groups is 1. The lowest BCUT2D eigenvalue weighted by atomic mass is 10.1. The van der Waals surface area contributed by atoms with Crippen LogP contribution in [0.4, 0.5) is 5.82 Å². The summed E-state index contributed by atoms with van der Waals surface area (Å²) < 4.78 is 0. The number of nitrogens with zero attached hydrogens (tertiary/aromatic N) is 4. The fourth-order valence-corrected chi connectivity index (χ4v) is 2.73. The zero-order valence-corrected chi connectivity index (χ0v) is 12.9. The molecule has 1 aromatic heterocycles. The molecule has 1 atom stereocenters. The quantitative estimate of drug-likeness (QED) is 0.920. The van der Waals surface area contributed by atoms with Crippen LogP contribution in [0.5, 0.6) is 0 Å². The van der Waals surface area contributed by atoms with Crippen molar-refractivity contribution in [1.82, 2.24) is 14.9 Å². The molecule has 1 unspecified atom stereocenters. The summed E-state index contributed by atoms with van der Waals surface area (Å²) in [6.45, 7) is 2.73. The van der Waals surface area contributed by atoms with E-state index in [2.05, 4.69) is 14.9 Å². The Bertz CT molecular complexity index is 628. The molecular weight excluding hydrogens is 292 g/mol. The molecule has 120 valence electrons. The van der Waals surface area contributed by atoms with Crippen molar-refractivity contribution in [2.24, 2.45) is 0 Å². The van der Waals surface area contributed by atoms with Gasteiger partial charge in [-0.05, 0) is 5.56 Å². The first-order valence-electron chi connectivity index (χ1n) is 7.76. The first-order chi connectivity index (χ1) is 11.2. The number of piperazine rings is 1. The van der Waals surface area contributed by atoms with E-state index in [9.17, 15) is 9.90 Å². The third kappa shape index (κ3) is 3.84. The molecule has 1 saturated heterocycles. The van der Waals surface area contributed by atoms with Crippen LogP contribution < -0.4 is 4.90 Å². The van der Waals surface area contributed by atoms with Gasteiger partial charge in [0.25, 0.3) is 0 Å². The van der Waals surface area contributed by atoms with E-state index in [0.29, 0.717) is 13.1 Å². The average Bonchev–Trinajstić information content (AvgIpc) is 2.63. The van der Waals surface area contributed by atoms with Crippen molar-refractivity contribution >= 4 is 11.7 Å². The number of amides is 1. The number of rotatable bonds is 4. The van der Waals surface area contributed by atoms with Gasteiger partial charge in [-0.1, -0.05) is 30.3 Å². The van der Waals surface area contributed by atoms with E-state index in [1.807, 2.05) is 30.3 Å². The summed E-state index contributed by atoms with van der Waals surface area (Å²) in [4.78, 5) is 24.6. The minimum atomic E-state index is -0.748. The zero-order valence-electron chi connectivity index (χ0n) is 12.9. The summed E-state index contributed by atoms with van der Waals surface area (Å²) in [5.74, 6) is 0.823. The highest BCUT2D eigenvalue weighted by Gasteiger charge is 2.24. The molecule has 0 spiro atoms. The summed E-state index contributed by atoms with van der Waals surface area (Å²) in [6, 6.07) is 9.29. The number of benzene rings is 1. The Morgan fingerprint density at radius 3 is 2.52 bits per heavy atom. The van der Waals surface area contributed by atoms with Crippen molar-refractivity contribution in [1.29, 1.82) is 0 Å². The highest BCUT2D eigenvalue weighted by Crippen LogP contribution is 2.18. The Labute approximate surface area is 135 Å². The highest BCUT2D eigenvalue weighted by molar-refractivity contribution is 5.77. The summed E-state index contributed by atoms with van der Waals surface area (Å²) >= 11 is 0. The minimum Gasteiger partial charge on any atom is -0.388 e. The molecule has 0 saturated carbocycles. The number of hydrogen-bond donors (Lipinski definition) is 1. The molecule has 1 aliphatic heterocycles. The van der Waals surface area contributed by atoms with Crippen LogP contribution in [0.3, 0.4) is 0 Å². The van der Waals surface area contributed by atoms with Crippen LogP contribution in [0.2, 0.25) is 0 Å². The predicted molar refractivity (Wildman–Crippen MR) is 86.8 cm³/mol. The third-order valence-corrected chi connectivity index (χ3v) is 4.06. The molecule has 1 amide bonds. The van der Waals surface area contributed by atoms with Gasteiger partial charge in [0.2, 0.25) is 5.91 Å². The summed E-state index contributed by atoms with van der Waals surface area (Å²) in [7, 11) is 0. The Hall–Kier alpha value is -2.47. The summed E-state index contributed by atoms with van der Waals surface area (Å²) in [5.41, 5.74) is 0.777. The van der Waals surface area contributed by atoms with Crippen molar-refractivity contribution in [2.75, 3.05) is 31.1 Å². The maximum Gasteiger partial charge on any atom is 0.225 e. The molecule has 23 heavy (non-hydrogen) atoms. The number of carbonyl (C=O) groups is 1. The summed E-state index contributed by atoms with van der Waals surface area (Å²) in [6.07, 6.45) is 4.42. The van der Waals surface area contributed by atoms with Gasteiger partial charge in [0, 0.05) is 38.6 Å². The number of aromatic nitrogens is 2. The van der Waals surface area contributed by atoms with Crippen molar-refractivity contribution in [3.8, 4) is 0 Å². The van der Waals surface area contributed by atoms with Gasteiger partial charge in [-0.2, -0.15) is 0 Å². The van der Waals surface area contributed by atoms with Gasteiger partial charge in [-0.25, -0.2) is 4.98 Å². The maximum absolute atomic E-state index is 12.3. The topological polar surface area (TPSA) is 69.6 Å². The van der Waals surface area contributed by atoms with Crippen LogP contribution in [0.1, 0.15) is 18.1 Å². The van der Waals surface area contributed by atoms with Gasteiger partial charge >= 0.3 is 0 Å². The van der Waals surface area contributed by atoms with E-state index in [0.717, 1.165) is 24.5 Å². The first-order valence-corrected chi connectivity index (χ1v) is 7.76. The Kier molecular flexibility index (Phi) is 4.83. The van der Waals surface area contributed by atoms with Crippen molar-refractivity contribution in [2.45, 2.75) is 12.5 Å². The second-order valence-electron chi connectivity index (χ2n) is 5.56. The average molecular weight is 312 g/mol. The molecule has 3 rings (SSSR count). The van der Waals surface area contributed by atoms with Gasteiger partial charge < -0.3 is 14.9 Å². The standard InChI is InChI=1S/C17H20N4O2/c22-15(14-4-2-1-3-5-14)12-17(23)21-10-8-20(9-11-21)16-13-18-6-7-19-16/h1-7,13,15,22H,8-12H2. The molecule has 0 bridgehead atoms. The SMILES string of the molecule is O=C(CC(O)c1ccccc1)N1CCN(c2cnccn2)CC1. The number of hydrogen-bond acceptors (Lipinski definition) is 5. The van der Waals surface area contributed by atoms with E-state index >= 15 is 0 Å². The number of anilines is 1. The molecule has 2 aromatic rings. The molecule has 1 N–H and O–H groups in total. The number of carbonyl (C=O) groups excluding carboxylic acids is 1. The van der Waals surface area contributed by atoms with E-state index in [1.54, 1.807) is 23.5 Å². The lowest BCUT2D eigenvalue weighted by Gasteiger charge is -2.35. The summed E-state index contributed by atoms with van der Waals surface area (Å²) in [5, 5.41) is 10.2. The molecule has 1 aliphatic rings. The van der Waals surface area contributed by atoms with Crippen molar-refractivity contribution in [3.05, 3.63) is 54.5 Å². The third-order valence-electron chi connectivity index (χ3n) is 4.06. The zero-order chi connectivity index (χ0) is 16.1. The monoisotopic (exact) mass is 312 g/mol. The number of aliphatic hydroxyl groups excluding tert-OH is 1. The molecule has 1 aromatic carbocycles. The van der Waals surface area contributed by atoms with Gasteiger partial charge in [0.15, 0.2) is 0 Å². The minimum absolute atomic E-state index is 0.0138. The molecule has 1 fully saturated rings. The van der Waals surface area contributed by atoms with Crippen LogP contribution in [-0.4, -0.2) is 52.1 Å². The van der Waals surface area contributed by atoms with E-state index in [-0.39, 0.29) is 12.3 Å².